The van der Waals surface area contributed by atoms with E-state index in [2.05, 4.69) is 0 Å². The first kappa shape index (κ1) is 24.2. The number of urea groups is 1. The predicted molar refractivity (Wildman–Crippen MR) is 134 cm³/mol. The third kappa shape index (κ3) is 5.42. The molecule has 1 saturated heterocycles. The van der Waals surface area contributed by atoms with Gasteiger partial charge in [-0.05, 0) is 61.9 Å². The number of anilines is 1. The number of carbonyl (C=O) groups excluding carboxylic acids is 2. The molecule has 0 aromatic heterocycles. The lowest BCUT2D eigenvalue weighted by atomic mass is 10.1. The van der Waals surface area contributed by atoms with Gasteiger partial charge >= 0.3 is 6.03 Å². The maximum atomic E-state index is 13.2. The fourth-order valence-corrected chi connectivity index (χ4v) is 3.72. The van der Waals surface area contributed by atoms with E-state index in [9.17, 15) is 9.59 Å². The van der Waals surface area contributed by atoms with E-state index in [0.29, 0.717) is 36.1 Å². The summed E-state index contributed by atoms with van der Waals surface area (Å²) in [6, 6.07) is 23.4. The number of ether oxygens (including phenoxy) is 3. The summed E-state index contributed by atoms with van der Waals surface area (Å²) < 4.78 is 17.1. The number of hydrogen-bond acceptors (Lipinski definition) is 5. The Labute approximate surface area is 205 Å². The standard InChI is InChI=1S/C28H28N2O5/c1-4-33-27(34-5-2)21-13-11-20(12-14-21)19-25-26(31)30(28(32)29(25)3)22-15-17-24(18-16-22)35-23-9-7-6-8-10-23/h6-19,27H,4-5H2,1-3H3. The Morgan fingerprint density at radius 1 is 0.800 bits per heavy atom. The molecule has 7 heteroatoms. The topological polar surface area (TPSA) is 68.3 Å². The van der Waals surface area contributed by atoms with Crippen molar-refractivity contribution in [1.82, 2.24) is 4.90 Å². The Morgan fingerprint density at radius 3 is 2.00 bits per heavy atom. The second-order valence-corrected chi connectivity index (χ2v) is 7.83. The van der Waals surface area contributed by atoms with Crippen LogP contribution in [0.15, 0.2) is 84.6 Å². The number of likely N-dealkylation sites (N-methyl/N-ethyl adjacent to an activating group) is 1. The van der Waals surface area contributed by atoms with Crippen molar-refractivity contribution in [3.8, 4) is 11.5 Å². The predicted octanol–water partition coefficient (Wildman–Crippen LogP) is 5.99. The van der Waals surface area contributed by atoms with Crippen LogP contribution in [0, 0.1) is 0 Å². The monoisotopic (exact) mass is 472 g/mol. The summed E-state index contributed by atoms with van der Waals surface area (Å²) in [6.45, 7) is 4.90. The van der Waals surface area contributed by atoms with Crippen molar-refractivity contribution in [2.75, 3.05) is 25.2 Å². The van der Waals surface area contributed by atoms with Crippen LogP contribution < -0.4 is 9.64 Å². The smallest absolute Gasteiger partial charge is 0.336 e. The first-order valence-electron chi connectivity index (χ1n) is 11.5. The zero-order valence-electron chi connectivity index (χ0n) is 20.0. The molecule has 3 amide bonds. The van der Waals surface area contributed by atoms with Gasteiger partial charge in [0, 0.05) is 25.8 Å². The summed E-state index contributed by atoms with van der Waals surface area (Å²) in [5, 5.41) is 0. The average molecular weight is 473 g/mol. The van der Waals surface area contributed by atoms with Gasteiger partial charge in [0.15, 0.2) is 6.29 Å². The number of carbonyl (C=O) groups is 2. The van der Waals surface area contributed by atoms with E-state index in [4.69, 9.17) is 14.2 Å². The maximum Gasteiger partial charge on any atom is 0.336 e. The molecular weight excluding hydrogens is 444 g/mol. The van der Waals surface area contributed by atoms with Crippen LogP contribution in [0.25, 0.3) is 6.08 Å². The Kier molecular flexibility index (Phi) is 7.60. The van der Waals surface area contributed by atoms with Crippen molar-refractivity contribution in [1.29, 1.82) is 0 Å². The fourth-order valence-electron chi connectivity index (χ4n) is 3.72. The van der Waals surface area contributed by atoms with Gasteiger partial charge in [-0.3, -0.25) is 9.69 Å². The minimum absolute atomic E-state index is 0.290. The van der Waals surface area contributed by atoms with Crippen molar-refractivity contribution in [2.45, 2.75) is 20.1 Å². The molecule has 0 radical (unpaired) electrons. The lowest BCUT2D eigenvalue weighted by Gasteiger charge is -2.17. The molecule has 0 unspecified atom stereocenters. The van der Waals surface area contributed by atoms with Gasteiger partial charge in [0.05, 0.1) is 5.69 Å². The average Bonchev–Trinajstić information content (AvgIpc) is 3.08. The number of amides is 3. The van der Waals surface area contributed by atoms with Gasteiger partial charge in [-0.1, -0.05) is 42.5 Å². The molecule has 0 aliphatic carbocycles. The van der Waals surface area contributed by atoms with Crippen LogP contribution in [0.5, 0.6) is 11.5 Å². The highest BCUT2D eigenvalue weighted by Gasteiger charge is 2.39. The van der Waals surface area contributed by atoms with Crippen LogP contribution in [-0.4, -0.2) is 37.1 Å². The van der Waals surface area contributed by atoms with Crippen molar-refractivity contribution in [2.24, 2.45) is 0 Å². The number of imide groups is 1. The number of nitrogens with zero attached hydrogens (tertiary/aromatic N) is 2. The SMILES string of the molecule is CCOC(OCC)c1ccc(C=C2C(=O)N(c3ccc(Oc4ccccc4)cc3)C(=O)N2C)cc1. The summed E-state index contributed by atoms with van der Waals surface area (Å²) in [5.74, 6) is 0.929. The molecule has 0 N–H and O–H groups in total. The van der Waals surface area contributed by atoms with Gasteiger partial charge in [-0.25, -0.2) is 9.69 Å². The molecule has 1 aliphatic rings. The molecule has 3 aromatic carbocycles. The third-order valence-corrected chi connectivity index (χ3v) is 5.48. The molecule has 1 fully saturated rings. The molecule has 180 valence electrons. The first-order valence-corrected chi connectivity index (χ1v) is 11.5. The Hall–Kier alpha value is -3.94. The summed E-state index contributed by atoms with van der Waals surface area (Å²) in [7, 11) is 1.59. The molecule has 35 heavy (non-hydrogen) atoms. The van der Waals surface area contributed by atoms with E-state index in [1.165, 1.54) is 4.90 Å². The fraction of sp³-hybridized carbons (Fsp3) is 0.214. The zero-order chi connectivity index (χ0) is 24.8. The largest absolute Gasteiger partial charge is 0.457 e. The molecule has 0 atom stereocenters. The molecular formula is C28H28N2O5. The van der Waals surface area contributed by atoms with Crippen molar-refractivity contribution >= 4 is 23.7 Å². The Morgan fingerprint density at radius 2 is 1.40 bits per heavy atom. The molecule has 1 aliphatic heterocycles. The zero-order valence-corrected chi connectivity index (χ0v) is 20.0. The summed E-state index contributed by atoms with van der Waals surface area (Å²) >= 11 is 0. The van der Waals surface area contributed by atoms with Gasteiger partial charge in [0.1, 0.15) is 17.2 Å². The minimum Gasteiger partial charge on any atom is -0.457 e. The Balaban J connectivity index is 1.51. The second-order valence-electron chi connectivity index (χ2n) is 7.83. The minimum atomic E-state index is -0.437. The van der Waals surface area contributed by atoms with Gasteiger partial charge in [0.2, 0.25) is 0 Å². The van der Waals surface area contributed by atoms with E-state index in [1.807, 2.05) is 68.4 Å². The van der Waals surface area contributed by atoms with Crippen LogP contribution in [0.1, 0.15) is 31.3 Å². The quantitative estimate of drug-likeness (QED) is 0.217. The molecule has 7 nitrogen and oxygen atoms in total. The number of hydrogen-bond donors (Lipinski definition) is 0. The van der Waals surface area contributed by atoms with Crippen LogP contribution in [0.4, 0.5) is 10.5 Å². The van der Waals surface area contributed by atoms with Gasteiger partial charge in [-0.15, -0.1) is 0 Å². The van der Waals surface area contributed by atoms with Crippen LogP contribution in [0.3, 0.4) is 0 Å². The lowest BCUT2D eigenvalue weighted by Crippen LogP contribution is -2.31. The molecule has 0 saturated carbocycles. The summed E-state index contributed by atoms with van der Waals surface area (Å²) in [5.41, 5.74) is 2.44. The van der Waals surface area contributed by atoms with E-state index < -0.39 is 12.3 Å². The lowest BCUT2D eigenvalue weighted by molar-refractivity contribution is -0.140. The molecule has 1 heterocycles. The van der Waals surface area contributed by atoms with E-state index in [0.717, 1.165) is 16.0 Å². The van der Waals surface area contributed by atoms with Crippen LogP contribution in [0.2, 0.25) is 0 Å². The first-order chi connectivity index (χ1) is 17.0. The number of benzene rings is 3. The van der Waals surface area contributed by atoms with Crippen LogP contribution >= 0.6 is 0 Å². The molecule has 3 aromatic rings. The maximum absolute atomic E-state index is 13.2. The van der Waals surface area contributed by atoms with Crippen molar-refractivity contribution < 1.29 is 23.8 Å². The highest BCUT2D eigenvalue weighted by atomic mass is 16.7. The number of rotatable bonds is 9. The summed E-state index contributed by atoms with van der Waals surface area (Å²) in [6.07, 6.45) is 1.26. The van der Waals surface area contributed by atoms with E-state index in [1.54, 1.807) is 37.4 Å². The number of para-hydroxylation sites is 1. The second kappa shape index (κ2) is 11.0. The molecule has 4 rings (SSSR count). The van der Waals surface area contributed by atoms with Gasteiger partial charge in [0.25, 0.3) is 5.91 Å². The normalized spacial score (nSPS) is 14.9. The van der Waals surface area contributed by atoms with Crippen LogP contribution in [-0.2, 0) is 14.3 Å². The molecule has 0 bridgehead atoms. The summed E-state index contributed by atoms with van der Waals surface area (Å²) in [4.78, 5) is 28.6. The molecule has 0 spiro atoms. The van der Waals surface area contributed by atoms with Gasteiger partial charge in [-0.2, -0.15) is 0 Å². The van der Waals surface area contributed by atoms with Crippen molar-refractivity contribution in [3.63, 3.8) is 0 Å². The highest BCUT2D eigenvalue weighted by molar-refractivity contribution is 6.28. The third-order valence-electron chi connectivity index (χ3n) is 5.48. The highest BCUT2D eigenvalue weighted by Crippen LogP contribution is 2.30. The van der Waals surface area contributed by atoms with E-state index >= 15 is 0 Å². The Bertz CT molecular complexity index is 1180. The van der Waals surface area contributed by atoms with Gasteiger partial charge < -0.3 is 14.2 Å². The van der Waals surface area contributed by atoms with E-state index in [-0.39, 0.29) is 5.91 Å². The van der Waals surface area contributed by atoms with Crippen molar-refractivity contribution in [3.05, 3.63) is 95.7 Å².